The minimum atomic E-state index is -0.123. The molecule has 0 unspecified atom stereocenters. The van der Waals surface area contributed by atoms with E-state index in [4.69, 9.17) is 11.6 Å². The maximum Gasteiger partial charge on any atom is 0.205 e. The van der Waals surface area contributed by atoms with E-state index in [1.165, 1.54) is 17.0 Å². The SMILES string of the molecule is C/C=C/C(=O)c1c(Cl)cnn1C. The van der Waals surface area contributed by atoms with Crippen LogP contribution in [0, 0.1) is 0 Å². The van der Waals surface area contributed by atoms with Crippen LogP contribution in [-0.4, -0.2) is 15.6 Å². The molecule has 0 N–H and O–H groups in total. The lowest BCUT2D eigenvalue weighted by atomic mass is 10.2. The van der Waals surface area contributed by atoms with Gasteiger partial charge in [-0.1, -0.05) is 17.7 Å². The Morgan fingerprint density at radius 1 is 1.75 bits per heavy atom. The Balaban J connectivity index is 3.09. The van der Waals surface area contributed by atoms with Crippen LogP contribution >= 0.6 is 11.6 Å². The fraction of sp³-hybridized carbons (Fsp3) is 0.250. The fourth-order valence-corrected chi connectivity index (χ4v) is 1.18. The average molecular weight is 185 g/mol. The normalized spacial score (nSPS) is 10.9. The molecule has 0 fully saturated rings. The molecule has 0 amide bonds. The zero-order chi connectivity index (χ0) is 9.14. The van der Waals surface area contributed by atoms with Crippen LogP contribution in [0.1, 0.15) is 17.4 Å². The van der Waals surface area contributed by atoms with Crippen LogP contribution in [-0.2, 0) is 7.05 Å². The van der Waals surface area contributed by atoms with Crippen molar-refractivity contribution in [1.82, 2.24) is 9.78 Å². The number of aromatic nitrogens is 2. The molecule has 1 aromatic rings. The van der Waals surface area contributed by atoms with Crippen LogP contribution in [0.4, 0.5) is 0 Å². The van der Waals surface area contributed by atoms with Crippen molar-refractivity contribution in [1.29, 1.82) is 0 Å². The predicted molar refractivity (Wildman–Crippen MR) is 47.4 cm³/mol. The standard InChI is InChI=1S/C8H9ClN2O/c1-3-4-7(12)8-6(9)5-10-11(8)2/h3-5H,1-2H3/b4-3+. The highest BCUT2D eigenvalue weighted by atomic mass is 35.5. The number of aryl methyl sites for hydroxylation is 1. The number of hydrogen-bond acceptors (Lipinski definition) is 2. The minimum Gasteiger partial charge on any atom is -0.288 e. The largest absolute Gasteiger partial charge is 0.288 e. The lowest BCUT2D eigenvalue weighted by Gasteiger charge is -1.95. The van der Waals surface area contributed by atoms with Gasteiger partial charge in [0.2, 0.25) is 5.78 Å². The van der Waals surface area contributed by atoms with E-state index < -0.39 is 0 Å². The van der Waals surface area contributed by atoms with Gasteiger partial charge in [-0.2, -0.15) is 5.10 Å². The van der Waals surface area contributed by atoms with Crippen molar-refractivity contribution in [2.45, 2.75) is 6.92 Å². The summed E-state index contributed by atoms with van der Waals surface area (Å²) in [5.41, 5.74) is 0.426. The Kier molecular flexibility index (Phi) is 2.65. The lowest BCUT2D eigenvalue weighted by Crippen LogP contribution is -2.04. The predicted octanol–water partition coefficient (Wildman–Crippen LogP) is 1.83. The zero-order valence-electron chi connectivity index (χ0n) is 6.91. The molecular weight excluding hydrogens is 176 g/mol. The first-order valence-corrected chi connectivity index (χ1v) is 3.89. The maximum absolute atomic E-state index is 11.3. The molecule has 4 heteroatoms. The molecule has 0 saturated carbocycles. The summed E-state index contributed by atoms with van der Waals surface area (Å²) in [6.45, 7) is 1.78. The third-order valence-electron chi connectivity index (χ3n) is 1.45. The molecule has 0 bridgehead atoms. The van der Waals surface area contributed by atoms with Crippen molar-refractivity contribution in [3.63, 3.8) is 0 Å². The average Bonchev–Trinajstić information content (AvgIpc) is 2.32. The number of rotatable bonds is 2. The Bertz CT molecular complexity index is 308. The van der Waals surface area contributed by atoms with Gasteiger partial charge in [0.05, 0.1) is 11.2 Å². The summed E-state index contributed by atoms with van der Waals surface area (Å²) in [5.74, 6) is -0.123. The van der Waals surface area contributed by atoms with E-state index >= 15 is 0 Å². The summed E-state index contributed by atoms with van der Waals surface area (Å²) in [6.07, 6.45) is 4.59. The number of hydrogen-bond donors (Lipinski definition) is 0. The summed E-state index contributed by atoms with van der Waals surface area (Å²) in [6, 6.07) is 0. The number of nitrogens with zero attached hydrogens (tertiary/aromatic N) is 2. The fourth-order valence-electron chi connectivity index (χ4n) is 0.918. The molecule has 64 valence electrons. The second-order valence-corrected chi connectivity index (χ2v) is 2.74. The Labute approximate surface area is 75.6 Å². The van der Waals surface area contributed by atoms with Gasteiger partial charge < -0.3 is 0 Å². The Morgan fingerprint density at radius 2 is 2.42 bits per heavy atom. The first-order valence-electron chi connectivity index (χ1n) is 3.51. The molecule has 1 aromatic heterocycles. The molecule has 0 aliphatic heterocycles. The molecule has 1 heterocycles. The summed E-state index contributed by atoms with van der Waals surface area (Å²) in [4.78, 5) is 11.3. The monoisotopic (exact) mass is 184 g/mol. The Morgan fingerprint density at radius 3 is 2.83 bits per heavy atom. The zero-order valence-corrected chi connectivity index (χ0v) is 7.67. The van der Waals surface area contributed by atoms with E-state index in [1.54, 1.807) is 20.0 Å². The summed E-state index contributed by atoms with van der Waals surface area (Å²) in [7, 11) is 1.68. The van der Waals surface area contributed by atoms with Crippen LogP contribution in [0.5, 0.6) is 0 Å². The van der Waals surface area contributed by atoms with Gasteiger partial charge in [0.25, 0.3) is 0 Å². The van der Waals surface area contributed by atoms with Crippen molar-refractivity contribution in [2.75, 3.05) is 0 Å². The van der Waals surface area contributed by atoms with Gasteiger partial charge in [-0.15, -0.1) is 0 Å². The molecular formula is C8H9ClN2O. The molecule has 0 atom stereocenters. The number of carbonyl (C=O) groups is 1. The highest BCUT2D eigenvalue weighted by Crippen LogP contribution is 2.14. The molecule has 0 aromatic carbocycles. The van der Waals surface area contributed by atoms with Gasteiger partial charge in [0.1, 0.15) is 5.69 Å². The number of ketones is 1. The smallest absolute Gasteiger partial charge is 0.205 e. The molecule has 0 saturated heterocycles. The molecule has 1 rings (SSSR count). The second-order valence-electron chi connectivity index (χ2n) is 2.33. The summed E-state index contributed by atoms with van der Waals surface area (Å²) >= 11 is 5.74. The van der Waals surface area contributed by atoms with Gasteiger partial charge in [-0.25, -0.2) is 0 Å². The minimum absolute atomic E-state index is 0.123. The van der Waals surface area contributed by atoms with Crippen LogP contribution in [0.2, 0.25) is 5.02 Å². The van der Waals surface area contributed by atoms with E-state index in [1.807, 2.05) is 0 Å². The van der Waals surface area contributed by atoms with Crippen LogP contribution in [0.15, 0.2) is 18.3 Å². The number of carbonyl (C=O) groups excluding carboxylic acids is 1. The number of allylic oxidation sites excluding steroid dienone is 2. The van der Waals surface area contributed by atoms with Gasteiger partial charge in [-0.05, 0) is 13.0 Å². The van der Waals surface area contributed by atoms with Crippen molar-refractivity contribution < 1.29 is 4.79 Å². The molecule has 12 heavy (non-hydrogen) atoms. The summed E-state index contributed by atoms with van der Waals surface area (Å²) in [5, 5.41) is 4.24. The third kappa shape index (κ3) is 1.56. The lowest BCUT2D eigenvalue weighted by molar-refractivity contribution is 0.103. The van der Waals surface area contributed by atoms with E-state index in [2.05, 4.69) is 5.10 Å². The van der Waals surface area contributed by atoms with Crippen molar-refractivity contribution >= 4 is 17.4 Å². The van der Waals surface area contributed by atoms with E-state index in [-0.39, 0.29) is 5.78 Å². The van der Waals surface area contributed by atoms with Crippen LogP contribution < -0.4 is 0 Å². The maximum atomic E-state index is 11.3. The first-order chi connectivity index (χ1) is 5.66. The Hall–Kier alpha value is -1.09. The van der Waals surface area contributed by atoms with Crippen molar-refractivity contribution in [3.8, 4) is 0 Å². The topological polar surface area (TPSA) is 34.9 Å². The van der Waals surface area contributed by atoms with E-state index in [9.17, 15) is 4.79 Å². The summed E-state index contributed by atoms with van der Waals surface area (Å²) < 4.78 is 1.46. The highest BCUT2D eigenvalue weighted by molar-refractivity contribution is 6.34. The van der Waals surface area contributed by atoms with Gasteiger partial charge in [-0.3, -0.25) is 9.48 Å². The van der Waals surface area contributed by atoms with Crippen molar-refractivity contribution in [3.05, 3.63) is 29.1 Å². The highest BCUT2D eigenvalue weighted by Gasteiger charge is 2.11. The quantitative estimate of drug-likeness (QED) is 0.519. The van der Waals surface area contributed by atoms with Gasteiger partial charge >= 0.3 is 0 Å². The van der Waals surface area contributed by atoms with Crippen molar-refractivity contribution in [2.24, 2.45) is 7.05 Å². The molecule has 0 spiro atoms. The van der Waals surface area contributed by atoms with Gasteiger partial charge in [0, 0.05) is 7.05 Å². The molecule has 0 aliphatic rings. The first kappa shape index (κ1) is 9.00. The molecule has 0 aliphatic carbocycles. The van der Waals surface area contributed by atoms with Crippen LogP contribution in [0.25, 0.3) is 0 Å². The number of halogens is 1. The van der Waals surface area contributed by atoms with E-state index in [0.717, 1.165) is 0 Å². The molecule has 0 radical (unpaired) electrons. The third-order valence-corrected chi connectivity index (χ3v) is 1.72. The van der Waals surface area contributed by atoms with Crippen LogP contribution in [0.3, 0.4) is 0 Å². The second kappa shape index (κ2) is 3.54. The molecule has 3 nitrogen and oxygen atoms in total. The van der Waals surface area contributed by atoms with Gasteiger partial charge in [0.15, 0.2) is 0 Å². The van der Waals surface area contributed by atoms with E-state index in [0.29, 0.717) is 10.7 Å².